The average molecular weight is 202 g/mol. The lowest BCUT2D eigenvalue weighted by molar-refractivity contribution is 0.484. The first-order valence-electron chi connectivity index (χ1n) is 6.23. The summed E-state index contributed by atoms with van der Waals surface area (Å²) >= 11 is 0. The van der Waals surface area contributed by atoms with Crippen LogP contribution in [0.1, 0.15) is 45.1 Å². The first-order valence-corrected chi connectivity index (χ1v) is 6.23. The third-order valence-electron chi connectivity index (χ3n) is 3.86. The minimum atomic E-state index is 0.736. The van der Waals surface area contributed by atoms with E-state index in [9.17, 15) is 0 Å². The molecule has 1 aliphatic carbocycles. The van der Waals surface area contributed by atoms with Gasteiger partial charge in [0.2, 0.25) is 0 Å². The van der Waals surface area contributed by atoms with Crippen molar-refractivity contribution in [2.75, 3.05) is 0 Å². The normalized spacial score (nSPS) is 26.7. The van der Waals surface area contributed by atoms with Gasteiger partial charge in [-0.1, -0.05) is 51.1 Å². The highest BCUT2D eigenvalue weighted by molar-refractivity contribution is 5.19. The molecule has 0 aromatic heterocycles. The van der Waals surface area contributed by atoms with Gasteiger partial charge < -0.3 is 0 Å². The second-order valence-corrected chi connectivity index (χ2v) is 5.45. The highest BCUT2D eigenvalue weighted by Gasteiger charge is 2.39. The Hall–Kier alpha value is -0.780. The molecule has 0 amide bonds. The van der Waals surface area contributed by atoms with E-state index >= 15 is 0 Å². The van der Waals surface area contributed by atoms with E-state index in [1.165, 1.54) is 18.4 Å². The van der Waals surface area contributed by atoms with Crippen LogP contribution in [0, 0.1) is 17.8 Å². The Bertz CT molecular complexity index is 299. The fourth-order valence-electron chi connectivity index (χ4n) is 2.73. The smallest absolute Gasteiger partial charge is 0.0188 e. The van der Waals surface area contributed by atoms with Gasteiger partial charge in [0.25, 0.3) is 0 Å². The monoisotopic (exact) mass is 202 g/mol. The first-order chi connectivity index (χ1) is 7.18. The molecule has 1 saturated carbocycles. The lowest BCUT2D eigenvalue weighted by atomic mass is 9.93. The van der Waals surface area contributed by atoms with Crippen LogP contribution >= 0.6 is 0 Å². The Labute approximate surface area is 93.7 Å². The zero-order valence-electron chi connectivity index (χ0n) is 10.1. The van der Waals surface area contributed by atoms with Crippen molar-refractivity contribution in [2.45, 2.75) is 39.5 Å². The fourth-order valence-corrected chi connectivity index (χ4v) is 2.73. The van der Waals surface area contributed by atoms with Crippen LogP contribution in [0.15, 0.2) is 30.3 Å². The zero-order valence-corrected chi connectivity index (χ0v) is 10.1. The summed E-state index contributed by atoms with van der Waals surface area (Å²) in [6.45, 7) is 7.08. The van der Waals surface area contributed by atoms with Crippen molar-refractivity contribution in [3.63, 3.8) is 0 Å². The fraction of sp³-hybridized carbons (Fsp3) is 0.600. The van der Waals surface area contributed by atoms with Crippen LogP contribution in [0.3, 0.4) is 0 Å². The molecule has 82 valence electrons. The SMILES string of the molecule is CC(CC1CC1C(C)C)c1ccccc1. The van der Waals surface area contributed by atoms with Gasteiger partial charge in [0, 0.05) is 0 Å². The predicted molar refractivity (Wildman–Crippen MR) is 65.9 cm³/mol. The van der Waals surface area contributed by atoms with Crippen LogP contribution in [0.25, 0.3) is 0 Å². The van der Waals surface area contributed by atoms with Crippen LogP contribution in [-0.2, 0) is 0 Å². The highest BCUT2D eigenvalue weighted by Crippen LogP contribution is 2.49. The van der Waals surface area contributed by atoms with Crippen molar-refractivity contribution >= 4 is 0 Å². The summed E-state index contributed by atoms with van der Waals surface area (Å²) in [5.74, 6) is 3.63. The minimum Gasteiger partial charge on any atom is -0.0625 e. The number of rotatable bonds is 4. The molecule has 1 aromatic carbocycles. The molecule has 0 N–H and O–H groups in total. The Kier molecular flexibility index (Phi) is 3.14. The van der Waals surface area contributed by atoms with Crippen molar-refractivity contribution in [2.24, 2.45) is 17.8 Å². The number of hydrogen-bond donors (Lipinski definition) is 0. The minimum absolute atomic E-state index is 0.736. The molecule has 0 heterocycles. The molecule has 0 nitrogen and oxygen atoms in total. The summed E-state index contributed by atoms with van der Waals surface area (Å²) in [7, 11) is 0. The van der Waals surface area contributed by atoms with Gasteiger partial charge in [-0.3, -0.25) is 0 Å². The summed E-state index contributed by atoms with van der Waals surface area (Å²) in [5, 5.41) is 0. The second-order valence-electron chi connectivity index (χ2n) is 5.45. The predicted octanol–water partition coefficient (Wildman–Crippen LogP) is 4.47. The van der Waals surface area contributed by atoms with Crippen molar-refractivity contribution in [1.82, 2.24) is 0 Å². The van der Waals surface area contributed by atoms with E-state index in [4.69, 9.17) is 0 Å². The van der Waals surface area contributed by atoms with Gasteiger partial charge >= 0.3 is 0 Å². The van der Waals surface area contributed by atoms with Gasteiger partial charge in [0.05, 0.1) is 0 Å². The first kappa shape index (κ1) is 10.7. The zero-order chi connectivity index (χ0) is 10.8. The third kappa shape index (κ3) is 2.62. The number of benzene rings is 1. The summed E-state index contributed by atoms with van der Waals surface area (Å²) in [6, 6.07) is 10.9. The molecule has 0 radical (unpaired) electrons. The topological polar surface area (TPSA) is 0 Å². The Morgan fingerprint density at radius 1 is 1.13 bits per heavy atom. The van der Waals surface area contributed by atoms with Crippen LogP contribution in [0.4, 0.5) is 0 Å². The molecule has 1 aromatic rings. The molecule has 1 fully saturated rings. The van der Waals surface area contributed by atoms with Gasteiger partial charge in [0.1, 0.15) is 0 Å². The van der Waals surface area contributed by atoms with E-state index < -0.39 is 0 Å². The highest BCUT2D eigenvalue weighted by atomic mass is 14.4. The summed E-state index contributed by atoms with van der Waals surface area (Å²) in [4.78, 5) is 0. The van der Waals surface area contributed by atoms with Gasteiger partial charge in [-0.2, -0.15) is 0 Å². The summed E-state index contributed by atoms with van der Waals surface area (Å²) < 4.78 is 0. The largest absolute Gasteiger partial charge is 0.0625 e. The summed E-state index contributed by atoms with van der Waals surface area (Å²) in [6.07, 6.45) is 2.85. The molecular formula is C15H22. The molecule has 3 unspecified atom stereocenters. The maximum absolute atomic E-state index is 2.37. The van der Waals surface area contributed by atoms with E-state index in [1.807, 2.05) is 0 Å². The molecule has 2 rings (SSSR count). The van der Waals surface area contributed by atoms with Crippen LogP contribution in [-0.4, -0.2) is 0 Å². The van der Waals surface area contributed by atoms with E-state index in [0.29, 0.717) is 0 Å². The van der Waals surface area contributed by atoms with Gasteiger partial charge in [-0.05, 0) is 42.1 Å². The molecule has 0 heteroatoms. The number of hydrogen-bond acceptors (Lipinski definition) is 0. The van der Waals surface area contributed by atoms with Gasteiger partial charge in [-0.25, -0.2) is 0 Å². The van der Waals surface area contributed by atoms with E-state index in [1.54, 1.807) is 0 Å². The van der Waals surface area contributed by atoms with Crippen LogP contribution < -0.4 is 0 Å². The Morgan fingerprint density at radius 3 is 2.33 bits per heavy atom. The molecular weight excluding hydrogens is 180 g/mol. The second kappa shape index (κ2) is 4.38. The van der Waals surface area contributed by atoms with Crippen LogP contribution in [0.2, 0.25) is 0 Å². The van der Waals surface area contributed by atoms with Crippen molar-refractivity contribution in [3.8, 4) is 0 Å². The van der Waals surface area contributed by atoms with Gasteiger partial charge in [-0.15, -0.1) is 0 Å². The third-order valence-corrected chi connectivity index (χ3v) is 3.86. The average Bonchev–Trinajstić information content (AvgIpc) is 2.98. The molecule has 15 heavy (non-hydrogen) atoms. The molecule has 0 aliphatic heterocycles. The maximum Gasteiger partial charge on any atom is -0.0188 e. The molecule has 0 spiro atoms. The quantitative estimate of drug-likeness (QED) is 0.675. The van der Waals surface area contributed by atoms with Crippen LogP contribution in [0.5, 0.6) is 0 Å². The standard InChI is InChI=1S/C15H22/c1-11(2)15-10-14(15)9-12(3)13-7-5-4-6-8-13/h4-8,11-12,14-15H,9-10H2,1-3H3. The van der Waals surface area contributed by atoms with E-state index in [2.05, 4.69) is 51.1 Å². The van der Waals surface area contributed by atoms with E-state index in [0.717, 1.165) is 23.7 Å². The Balaban J connectivity index is 1.87. The molecule has 1 aliphatic rings. The van der Waals surface area contributed by atoms with Crippen molar-refractivity contribution in [1.29, 1.82) is 0 Å². The molecule has 3 atom stereocenters. The Morgan fingerprint density at radius 2 is 1.80 bits per heavy atom. The van der Waals surface area contributed by atoms with Gasteiger partial charge in [0.15, 0.2) is 0 Å². The van der Waals surface area contributed by atoms with Crippen molar-refractivity contribution in [3.05, 3.63) is 35.9 Å². The van der Waals surface area contributed by atoms with Crippen molar-refractivity contribution < 1.29 is 0 Å². The molecule has 0 bridgehead atoms. The lowest BCUT2D eigenvalue weighted by Gasteiger charge is -2.12. The summed E-state index contributed by atoms with van der Waals surface area (Å²) in [5.41, 5.74) is 1.51. The lowest BCUT2D eigenvalue weighted by Crippen LogP contribution is -1.98. The van der Waals surface area contributed by atoms with E-state index in [-0.39, 0.29) is 0 Å². The maximum atomic E-state index is 2.37. The molecule has 0 saturated heterocycles.